The molecule has 0 unspecified atom stereocenters. The van der Waals surface area contributed by atoms with Gasteiger partial charge in [0.2, 0.25) is 5.88 Å². The summed E-state index contributed by atoms with van der Waals surface area (Å²) in [6.45, 7) is 0. The maximum absolute atomic E-state index is 12.8. The third-order valence-electron chi connectivity index (χ3n) is 3.83. The number of benzene rings is 2. The van der Waals surface area contributed by atoms with Crippen LogP contribution in [0.3, 0.4) is 0 Å². The van der Waals surface area contributed by atoms with E-state index in [4.69, 9.17) is 21.1 Å². The van der Waals surface area contributed by atoms with E-state index in [-0.39, 0.29) is 10.6 Å². The average Bonchev–Trinajstić information content (AvgIpc) is 2.96. The molecule has 3 aromatic rings. The number of rotatable bonds is 5. The quantitative estimate of drug-likeness (QED) is 0.692. The molecule has 27 heavy (non-hydrogen) atoms. The number of hydrogen-bond donors (Lipinski definition) is 1. The molecule has 0 aliphatic heterocycles. The molecule has 0 saturated carbocycles. The van der Waals surface area contributed by atoms with E-state index in [1.807, 2.05) is 0 Å². The van der Waals surface area contributed by atoms with Crippen molar-refractivity contribution in [2.75, 3.05) is 14.2 Å². The highest BCUT2D eigenvalue weighted by molar-refractivity contribution is 7.90. The van der Waals surface area contributed by atoms with Crippen molar-refractivity contribution in [3.63, 3.8) is 0 Å². The van der Waals surface area contributed by atoms with Gasteiger partial charge in [-0.1, -0.05) is 11.6 Å². The number of aromatic hydroxyl groups is 1. The van der Waals surface area contributed by atoms with Crippen molar-refractivity contribution in [3.8, 4) is 23.1 Å². The summed E-state index contributed by atoms with van der Waals surface area (Å²) in [4.78, 5) is 12.5. The van der Waals surface area contributed by atoms with E-state index in [9.17, 15) is 18.3 Å². The summed E-state index contributed by atoms with van der Waals surface area (Å²) in [6, 6.07) is 9.82. The zero-order chi connectivity index (χ0) is 19.8. The van der Waals surface area contributed by atoms with Gasteiger partial charge in [0.25, 0.3) is 10.0 Å². The minimum absolute atomic E-state index is 0.186. The Kier molecular flexibility index (Phi) is 4.90. The Balaban J connectivity index is 2.16. The number of aromatic nitrogens is 2. The largest absolute Gasteiger partial charge is 0.493 e. The third kappa shape index (κ3) is 3.26. The Morgan fingerprint density at radius 3 is 2.22 bits per heavy atom. The molecule has 2 aromatic carbocycles. The Bertz CT molecular complexity index is 1150. The van der Waals surface area contributed by atoms with E-state index < -0.39 is 21.6 Å². The second-order valence-corrected chi connectivity index (χ2v) is 7.63. The molecule has 1 heterocycles. The predicted octanol–water partition coefficient (Wildman–Crippen LogP) is 2.25. The molecular weight excluding hydrogens is 396 g/mol. The van der Waals surface area contributed by atoms with E-state index in [2.05, 4.69) is 0 Å². The maximum atomic E-state index is 12.8. The number of ether oxygens (including phenoxy) is 2. The van der Waals surface area contributed by atoms with Crippen molar-refractivity contribution in [2.45, 2.75) is 4.90 Å². The molecule has 0 radical (unpaired) electrons. The van der Waals surface area contributed by atoms with Crippen molar-refractivity contribution in [1.82, 2.24) is 8.54 Å². The normalized spacial score (nSPS) is 11.4. The van der Waals surface area contributed by atoms with E-state index >= 15 is 0 Å². The molecular formula is C17H15ClN2O6S. The fourth-order valence-corrected chi connectivity index (χ4v) is 3.92. The number of hydrogen-bond acceptors (Lipinski definition) is 6. The van der Waals surface area contributed by atoms with Crippen LogP contribution in [-0.2, 0) is 10.0 Å². The highest BCUT2D eigenvalue weighted by Crippen LogP contribution is 2.29. The Morgan fingerprint density at radius 1 is 1.00 bits per heavy atom. The molecule has 0 aliphatic carbocycles. The first-order valence-electron chi connectivity index (χ1n) is 7.56. The zero-order valence-electron chi connectivity index (χ0n) is 14.3. The van der Waals surface area contributed by atoms with Gasteiger partial charge in [-0.3, -0.25) is 4.57 Å². The molecule has 0 bridgehead atoms. The molecule has 1 N–H and O–H groups in total. The van der Waals surface area contributed by atoms with Gasteiger partial charge in [0.05, 0.1) is 31.0 Å². The van der Waals surface area contributed by atoms with E-state index in [0.29, 0.717) is 20.5 Å². The van der Waals surface area contributed by atoms with E-state index in [1.165, 1.54) is 50.6 Å². The first-order valence-corrected chi connectivity index (χ1v) is 9.38. The summed E-state index contributed by atoms with van der Waals surface area (Å²) >= 11 is 5.77. The number of imidazole rings is 1. The van der Waals surface area contributed by atoms with Crippen molar-refractivity contribution in [3.05, 3.63) is 64.2 Å². The van der Waals surface area contributed by atoms with E-state index in [0.717, 1.165) is 10.8 Å². The summed E-state index contributed by atoms with van der Waals surface area (Å²) in [5.74, 6) is 0.0474. The third-order valence-corrected chi connectivity index (χ3v) is 5.77. The Hall–Kier alpha value is -2.91. The highest BCUT2D eigenvalue weighted by Gasteiger charge is 2.25. The minimum atomic E-state index is -4.31. The molecule has 0 spiro atoms. The van der Waals surface area contributed by atoms with Crippen LogP contribution in [0.2, 0.25) is 5.02 Å². The fraction of sp³-hybridized carbons (Fsp3) is 0.118. The minimum Gasteiger partial charge on any atom is -0.493 e. The van der Waals surface area contributed by atoms with Crippen LogP contribution >= 0.6 is 11.6 Å². The SMILES string of the molecule is COc1ccc(-n2cc(O)n(S(=O)(=O)c3ccc(Cl)cc3)c2=O)cc1OC. The van der Waals surface area contributed by atoms with Gasteiger partial charge in [-0.2, -0.15) is 0 Å². The summed E-state index contributed by atoms with van der Waals surface area (Å²) in [7, 11) is -1.42. The van der Waals surface area contributed by atoms with Crippen LogP contribution in [-0.4, -0.2) is 36.3 Å². The van der Waals surface area contributed by atoms with Crippen molar-refractivity contribution >= 4 is 21.6 Å². The monoisotopic (exact) mass is 410 g/mol. The summed E-state index contributed by atoms with van der Waals surface area (Å²) in [5, 5.41) is 10.5. The fourth-order valence-electron chi connectivity index (χ4n) is 2.52. The zero-order valence-corrected chi connectivity index (χ0v) is 15.9. The molecule has 3 rings (SSSR count). The number of halogens is 1. The second kappa shape index (κ2) is 7.01. The number of methoxy groups -OCH3 is 2. The van der Waals surface area contributed by atoms with Gasteiger partial charge in [-0.15, -0.1) is 3.97 Å². The molecule has 10 heteroatoms. The van der Waals surface area contributed by atoms with Crippen LogP contribution in [0, 0.1) is 0 Å². The Morgan fingerprint density at radius 2 is 1.63 bits per heavy atom. The lowest BCUT2D eigenvalue weighted by molar-refractivity contribution is 0.355. The lowest BCUT2D eigenvalue weighted by Gasteiger charge is -2.09. The summed E-state index contributed by atoms with van der Waals surface area (Å²) in [5.41, 5.74) is -0.673. The first-order chi connectivity index (χ1) is 12.8. The molecule has 142 valence electrons. The van der Waals surface area contributed by atoms with Gasteiger partial charge < -0.3 is 14.6 Å². The van der Waals surface area contributed by atoms with Crippen molar-refractivity contribution < 1.29 is 23.0 Å². The van der Waals surface area contributed by atoms with E-state index in [1.54, 1.807) is 6.07 Å². The number of nitrogens with zero attached hydrogens (tertiary/aromatic N) is 2. The van der Waals surface area contributed by atoms with Crippen LogP contribution < -0.4 is 15.2 Å². The molecule has 0 saturated heterocycles. The van der Waals surface area contributed by atoms with Gasteiger partial charge in [-0.05, 0) is 36.4 Å². The molecule has 0 fully saturated rings. The summed E-state index contributed by atoms with van der Waals surface area (Å²) in [6.07, 6.45) is 1.01. The topological polar surface area (TPSA) is 99.8 Å². The lowest BCUT2D eigenvalue weighted by Crippen LogP contribution is -2.28. The molecule has 0 aliphatic rings. The standard InChI is InChI=1S/C17H15ClN2O6S/c1-25-14-8-5-12(9-15(14)26-2)19-10-16(21)20(17(19)22)27(23,24)13-6-3-11(18)4-7-13/h3-10,21H,1-2H3. The highest BCUT2D eigenvalue weighted by atomic mass is 35.5. The van der Waals surface area contributed by atoms with Gasteiger partial charge in [0.1, 0.15) is 0 Å². The van der Waals surface area contributed by atoms with Gasteiger partial charge in [0.15, 0.2) is 11.5 Å². The van der Waals surface area contributed by atoms with Gasteiger partial charge in [-0.25, -0.2) is 13.2 Å². The maximum Gasteiger partial charge on any atom is 0.350 e. The van der Waals surface area contributed by atoms with Crippen LogP contribution in [0.15, 0.2) is 58.4 Å². The smallest absolute Gasteiger partial charge is 0.350 e. The molecule has 0 amide bonds. The second-order valence-electron chi connectivity index (χ2n) is 5.40. The van der Waals surface area contributed by atoms with Gasteiger partial charge >= 0.3 is 5.69 Å². The van der Waals surface area contributed by atoms with Gasteiger partial charge in [0, 0.05) is 11.1 Å². The van der Waals surface area contributed by atoms with Crippen molar-refractivity contribution in [2.24, 2.45) is 0 Å². The lowest BCUT2D eigenvalue weighted by atomic mass is 10.2. The van der Waals surface area contributed by atoms with Crippen LogP contribution in [0.25, 0.3) is 5.69 Å². The predicted molar refractivity (Wildman–Crippen MR) is 98.8 cm³/mol. The van der Waals surface area contributed by atoms with Crippen molar-refractivity contribution in [1.29, 1.82) is 0 Å². The molecule has 8 nitrogen and oxygen atoms in total. The molecule has 1 aromatic heterocycles. The van der Waals surface area contributed by atoms with Crippen LogP contribution in [0.4, 0.5) is 0 Å². The average molecular weight is 411 g/mol. The van der Waals surface area contributed by atoms with Crippen LogP contribution in [0.1, 0.15) is 0 Å². The first kappa shape index (κ1) is 18.9. The van der Waals surface area contributed by atoms with Crippen LogP contribution in [0.5, 0.6) is 17.4 Å². The Labute approximate surface area is 159 Å². The summed E-state index contributed by atoms with van der Waals surface area (Å²) < 4.78 is 37.1. The molecule has 0 atom stereocenters.